The molecule has 14 heteroatoms. The number of carbonyl (C=O) groups excluding carboxylic acids is 1. The van der Waals surface area contributed by atoms with Gasteiger partial charge in [-0.15, -0.1) is 16.4 Å². The predicted molar refractivity (Wildman–Crippen MR) is 128 cm³/mol. The van der Waals surface area contributed by atoms with Gasteiger partial charge in [0, 0.05) is 18.5 Å². The van der Waals surface area contributed by atoms with E-state index in [2.05, 4.69) is 30.6 Å². The first-order valence-corrected chi connectivity index (χ1v) is 12.2. The Balaban J connectivity index is 1.34. The number of rotatable bonds is 6. The molecule has 0 bridgehead atoms. The van der Waals surface area contributed by atoms with E-state index in [9.17, 15) is 13.6 Å². The van der Waals surface area contributed by atoms with E-state index in [1.807, 2.05) is 28.8 Å². The van der Waals surface area contributed by atoms with Crippen LogP contribution in [-0.4, -0.2) is 64.7 Å². The average molecular weight is 524 g/mol. The highest BCUT2D eigenvalue weighted by Gasteiger charge is 2.30. The van der Waals surface area contributed by atoms with Crippen molar-refractivity contribution in [1.29, 1.82) is 0 Å². The lowest BCUT2D eigenvalue weighted by Crippen LogP contribution is -2.44. The molecular weight excluding hydrogens is 504 g/mol. The molecule has 6 rings (SSSR count). The first-order chi connectivity index (χ1) is 18.1. The van der Waals surface area contributed by atoms with E-state index in [0.29, 0.717) is 47.2 Å². The summed E-state index contributed by atoms with van der Waals surface area (Å²) in [5.74, 6) is 0.693. The van der Waals surface area contributed by atoms with Gasteiger partial charge in [0.2, 0.25) is 0 Å². The van der Waals surface area contributed by atoms with E-state index in [0.717, 1.165) is 11.7 Å². The van der Waals surface area contributed by atoms with E-state index in [-0.39, 0.29) is 28.6 Å². The SMILES string of the molecule is O=C(NC1COCC(n2c(-c3ccccn3)nc3cnc(-n4ccnn4)cc32)C1)c1ncc(C(F)F)s1. The highest BCUT2D eigenvalue weighted by molar-refractivity contribution is 7.13. The van der Waals surface area contributed by atoms with Crippen LogP contribution in [0.4, 0.5) is 8.78 Å². The van der Waals surface area contributed by atoms with E-state index in [4.69, 9.17) is 9.72 Å². The molecule has 1 aliphatic heterocycles. The van der Waals surface area contributed by atoms with Gasteiger partial charge in [0.1, 0.15) is 11.2 Å². The minimum absolute atomic E-state index is 0.0109. The van der Waals surface area contributed by atoms with Gasteiger partial charge in [0.05, 0.1) is 54.3 Å². The van der Waals surface area contributed by atoms with Crippen molar-refractivity contribution in [3.05, 3.63) is 65.1 Å². The smallest absolute Gasteiger partial charge is 0.280 e. The van der Waals surface area contributed by atoms with Crippen LogP contribution in [0.3, 0.4) is 0 Å². The van der Waals surface area contributed by atoms with Gasteiger partial charge >= 0.3 is 0 Å². The highest BCUT2D eigenvalue weighted by Crippen LogP contribution is 2.32. The number of amides is 1. The summed E-state index contributed by atoms with van der Waals surface area (Å²) in [6, 6.07) is 6.88. The van der Waals surface area contributed by atoms with Gasteiger partial charge in [-0.2, -0.15) is 0 Å². The molecule has 0 aromatic carbocycles. The van der Waals surface area contributed by atoms with Crippen LogP contribution < -0.4 is 5.32 Å². The second-order valence-corrected chi connectivity index (χ2v) is 9.43. The molecule has 0 saturated carbocycles. The summed E-state index contributed by atoms with van der Waals surface area (Å²) in [6.07, 6.45) is 5.51. The number of carbonyl (C=O) groups is 1. The molecular formula is C23H19F2N9O2S. The second kappa shape index (κ2) is 9.71. The molecule has 37 heavy (non-hydrogen) atoms. The van der Waals surface area contributed by atoms with E-state index in [1.165, 1.54) is 0 Å². The monoisotopic (exact) mass is 523 g/mol. The summed E-state index contributed by atoms with van der Waals surface area (Å²) < 4.78 is 35.3. The Labute approximate surface area is 212 Å². The molecule has 1 saturated heterocycles. The molecule has 1 fully saturated rings. The minimum atomic E-state index is -2.67. The number of imidazole rings is 1. The van der Waals surface area contributed by atoms with E-state index in [1.54, 1.807) is 29.5 Å². The number of nitrogens with zero attached hydrogens (tertiary/aromatic N) is 8. The van der Waals surface area contributed by atoms with Crippen molar-refractivity contribution in [3.8, 4) is 17.3 Å². The number of ether oxygens (including phenoxy) is 1. The van der Waals surface area contributed by atoms with Crippen molar-refractivity contribution in [2.75, 3.05) is 13.2 Å². The molecule has 5 aromatic heterocycles. The van der Waals surface area contributed by atoms with Crippen molar-refractivity contribution < 1.29 is 18.3 Å². The van der Waals surface area contributed by atoms with Gasteiger partial charge in [-0.25, -0.2) is 28.4 Å². The highest BCUT2D eigenvalue weighted by atomic mass is 32.1. The molecule has 188 valence electrons. The Morgan fingerprint density at radius 2 is 2.08 bits per heavy atom. The first-order valence-electron chi connectivity index (χ1n) is 11.4. The fraction of sp³-hybridized carbons (Fsp3) is 0.261. The fourth-order valence-corrected chi connectivity index (χ4v) is 4.99. The van der Waals surface area contributed by atoms with Gasteiger partial charge < -0.3 is 14.6 Å². The zero-order chi connectivity index (χ0) is 25.4. The summed E-state index contributed by atoms with van der Waals surface area (Å²) in [5.41, 5.74) is 2.13. The van der Waals surface area contributed by atoms with Crippen LogP contribution in [0.1, 0.15) is 33.6 Å². The maximum Gasteiger partial charge on any atom is 0.280 e. The summed E-state index contributed by atoms with van der Waals surface area (Å²) >= 11 is 0.680. The van der Waals surface area contributed by atoms with Gasteiger partial charge in [-0.3, -0.25) is 9.78 Å². The van der Waals surface area contributed by atoms with E-state index < -0.39 is 12.3 Å². The number of halogens is 2. The minimum Gasteiger partial charge on any atom is -0.377 e. The first kappa shape index (κ1) is 23.2. The number of thiazole rings is 1. The van der Waals surface area contributed by atoms with Crippen molar-refractivity contribution in [2.45, 2.75) is 24.9 Å². The van der Waals surface area contributed by atoms with Crippen molar-refractivity contribution in [1.82, 2.24) is 44.8 Å². The van der Waals surface area contributed by atoms with Crippen molar-refractivity contribution >= 4 is 28.3 Å². The third kappa shape index (κ3) is 4.56. The van der Waals surface area contributed by atoms with Gasteiger partial charge in [0.25, 0.3) is 12.3 Å². The lowest BCUT2D eigenvalue weighted by molar-refractivity contribution is 0.0351. The van der Waals surface area contributed by atoms with Gasteiger partial charge in [-0.1, -0.05) is 11.3 Å². The maximum absolute atomic E-state index is 12.9. The standard InChI is InChI=1S/C23H19F2N9O2S/c24-20(25)18-10-28-23(37-18)22(35)30-13-7-14(12-36-11-13)34-17-8-19(33-6-5-29-32-33)27-9-16(17)31-21(34)15-3-1-2-4-26-15/h1-6,8-10,13-14,20H,7,11-12H2,(H,30,35). The normalized spacial score (nSPS) is 17.9. The lowest BCUT2D eigenvalue weighted by atomic mass is 10.0. The third-order valence-corrected chi connectivity index (χ3v) is 6.94. The van der Waals surface area contributed by atoms with Crippen LogP contribution in [0.5, 0.6) is 0 Å². The van der Waals surface area contributed by atoms with Crippen LogP contribution in [0.15, 0.2) is 55.2 Å². The molecule has 11 nitrogen and oxygen atoms in total. The molecule has 0 aliphatic carbocycles. The number of alkyl halides is 2. The number of aromatic nitrogens is 8. The number of fused-ring (bicyclic) bond motifs is 1. The maximum atomic E-state index is 12.9. The summed E-state index contributed by atoms with van der Waals surface area (Å²) in [6.45, 7) is 0.665. The van der Waals surface area contributed by atoms with Crippen LogP contribution in [0.25, 0.3) is 28.4 Å². The Kier molecular flexibility index (Phi) is 6.10. The number of nitrogens with one attached hydrogen (secondary N) is 1. The quantitative estimate of drug-likeness (QED) is 0.360. The largest absolute Gasteiger partial charge is 0.377 e. The molecule has 5 aromatic rings. The van der Waals surface area contributed by atoms with Gasteiger partial charge in [0.15, 0.2) is 16.6 Å². The average Bonchev–Trinajstić information content (AvgIpc) is 3.69. The molecule has 6 heterocycles. The molecule has 2 atom stereocenters. The Hall–Kier alpha value is -4.17. The third-order valence-electron chi connectivity index (χ3n) is 5.93. The summed E-state index contributed by atoms with van der Waals surface area (Å²) in [7, 11) is 0. The Bertz CT molecular complexity index is 1540. The van der Waals surface area contributed by atoms with Crippen molar-refractivity contribution in [3.63, 3.8) is 0 Å². The van der Waals surface area contributed by atoms with Crippen LogP contribution in [-0.2, 0) is 4.74 Å². The number of pyridine rings is 2. The Morgan fingerprint density at radius 3 is 2.84 bits per heavy atom. The summed E-state index contributed by atoms with van der Waals surface area (Å²) in [5, 5.41) is 10.7. The molecule has 1 amide bonds. The fourth-order valence-electron chi connectivity index (χ4n) is 4.32. The van der Waals surface area contributed by atoms with Gasteiger partial charge in [-0.05, 0) is 18.6 Å². The molecule has 2 unspecified atom stereocenters. The predicted octanol–water partition coefficient (Wildman–Crippen LogP) is 3.23. The summed E-state index contributed by atoms with van der Waals surface area (Å²) in [4.78, 5) is 30.0. The molecule has 0 radical (unpaired) electrons. The van der Waals surface area contributed by atoms with E-state index >= 15 is 0 Å². The zero-order valence-electron chi connectivity index (χ0n) is 19.1. The number of hydrogen-bond acceptors (Lipinski definition) is 9. The zero-order valence-corrected chi connectivity index (χ0v) is 19.9. The lowest BCUT2D eigenvalue weighted by Gasteiger charge is -2.31. The van der Waals surface area contributed by atoms with Crippen molar-refractivity contribution in [2.24, 2.45) is 0 Å². The van der Waals surface area contributed by atoms with Crippen LogP contribution in [0.2, 0.25) is 0 Å². The topological polar surface area (TPSA) is 126 Å². The second-order valence-electron chi connectivity index (χ2n) is 8.37. The molecule has 0 spiro atoms. The van der Waals surface area contributed by atoms with Crippen LogP contribution in [0, 0.1) is 0 Å². The molecule has 1 aliphatic rings. The number of hydrogen-bond donors (Lipinski definition) is 1. The Morgan fingerprint density at radius 1 is 1.16 bits per heavy atom. The van der Waals surface area contributed by atoms with Crippen LogP contribution >= 0.6 is 11.3 Å². The molecule has 1 N–H and O–H groups in total.